The lowest BCUT2D eigenvalue weighted by molar-refractivity contribution is -0.137. The first kappa shape index (κ1) is 12.7. The number of nitrogens with one attached hydrogen (secondary N) is 1. The van der Waals surface area contributed by atoms with Crippen LogP contribution in [0.3, 0.4) is 0 Å². The monoisotopic (exact) mass is 259 g/mol. The highest BCUT2D eigenvalue weighted by atomic mass is 19.4. The lowest BCUT2D eigenvalue weighted by Crippen LogP contribution is -2.16. The molecule has 0 bridgehead atoms. The first-order valence-electron chi connectivity index (χ1n) is 5.52. The Morgan fingerprint density at radius 3 is 2.44 bits per heavy atom. The number of carbonyl (C=O) groups excluding carboxylic acids is 1. The number of amides is 1. The minimum Gasteiger partial charge on any atom is -0.493 e. The zero-order chi connectivity index (χ0) is 13.2. The molecule has 1 aliphatic heterocycles. The molecule has 1 aliphatic rings. The van der Waals surface area contributed by atoms with Gasteiger partial charge in [0.25, 0.3) is 0 Å². The molecule has 98 valence electrons. The summed E-state index contributed by atoms with van der Waals surface area (Å²) >= 11 is 0. The van der Waals surface area contributed by atoms with Gasteiger partial charge in [0.15, 0.2) is 0 Å². The molecule has 1 amide bonds. The van der Waals surface area contributed by atoms with Crippen molar-refractivity contribution < 1.29 is 22.7 Å². The summed E-state index contributed by atoms with van der Waals surface area (Å²) < 4.78 is 42.3. The van der Waals surface area contributed by atoms with Crippen molar-refractivity contribution in [1.82, 2.24) is 5.32 Å². The molecule has 1 aromatic rings. The van der Waals surface area contributed by atoms with Crippen LogP contribution in [0.1, 0.15) is 12.0 Å². The van der Waals surface area contributed by atoms with Crippen molar-refractivity contribution in [3.8, 4) is 5.75 Å². The average molecular weight is 259 g/mol. The number of carbonyl (C=O) groups is 1. The minimum absolute atomic E-state index is 0.0176. The highest BCUT2D eigenvalue weighted by molar-refractivity contribution is 5.78. The van der Waals surface area contributed by atoms with E-state index in [2.05, 4.69) is 5.32 Å². The van der Waals surface area contributed by atoms with Gasteiger partial charge in [-0.05, 0) is 24.3 Å². The predicted molar refractivity (Wildman–Crippen MR) is 58.1 cm³/mol. The molecule has 1 saturated heterocycles. The molecular weight excluding hydrogens is 247 g/mol. The summed E-state index contributed by atoms with van der Waals surface area (Å²) in [6, 6.07) is 4.53. The maximum Gasteiger partial charge on any atom is 0.416 e. The van der Waals surface area contributed by atoms with Crippen molar-refractivity contribution in [2.24, 2.45) is 5.92 Å². The molecule has 1 heterocycles. The van der Waals surface area contributed by atoms with Crippen molar-refractivity contribution in [1.29, 1.82) is 0 Å². The molecule has 1 unspecified atom stereocenters. The third-order valence-corrected chi connectivity index (χ3v) is 2.73. The van der Waals surface area contributed by atoms with Gasteiger partial charge in [-0.15, -0.1) is 0 Å². The van der Waals surface area contributed by atoms with E-state index in [9.17, 15) is 18.0 Å². The van der Waals surface area contributed by atoms with Crippen LogP contribution in [0.2, 0.25) is 0 Å². The largest absolute Gasteiger partial charge is 0.493 e. The molecule has 1 fully saturated rings. The van der Waals surface area contributed by atoms with Crippen molar-refractivity contribution in [2.75, 3.05) is 13.2 Å². The average Bonchev–Trinajstić information content (AvgIpc) is 2.72. The van der Waals surface area contributed by atoms with E-state index in [-0.39, 0.29) is 11.8 Å². The Morgan fingerprint density at radius 2 is 1.94 bits per heavy atom. The zero-order valence-electron chi connectivity index (χ0n) is 9.46. The third kappa shape index (κ3) is 3.15. The van der Waals surface area contributed by atoms with Crippen molar-refractivity contribution in [3.63, 3.8) is 0 Å². The summed E-state index contributed by atoms with van der Waals surface area (Å²) in [5.74, 6) is 0.443. The van der Waals surface area contributed by atoms with Crippen molar-refractivity contribution in [2.45, 2.75) is 12.6 Å². The van der Waals surface area contributed by atoms with Crippen LogP contribution in [-0.4, -0.2) is 19.1 Å². The Bertz CT molecular complexity index is 428. The molecule has 0 aromatic heterocycles. The predicted octanol–water partition coefficient (Wildman–Crippen LogP) is 2.22. The van der Waals surface area contributed by atoms with Gasteiger partial charge in [0.05, 0.1) is 12.2 Å². The van der Waals surface area contributed by atoms with Crippen LogP contribution in [0.4, 0.5) is 13.2 Å². The Hall–Kier alpha value is -1.72. The van der Waals surface area contributed by atoms with E-state index in [4.69, 9.17) is 4.74 Å². The fourth-order valence-electron chi connectivity index (χ4n) is 1.74. The fraction of sp³-hybridized carbons (Fsp3) is 0.417. The number of alkyl halides is 3. The maximum atomic E-state index is 12.3. The van der Waals surface area contributed by atoms with E-state index in [0.717, 1.165) is 12.1 Å². The molecular formula is C12H12F3NO2. The molecule has 1 aromatic carbocycles. The van der Waals surface area contributed by atoms with Gasteiger partial charge in [-0.3, -0.25) is 4.79 Å². The molecule has 1 atom stereocenters. The molecule has 0 saturated carbocycles. The smallest absolute Gasteiger partial charge is 0.416 e. The van der Waals surface area contributed by atoms with E-state index >= 15 is 0 Å². The summed E-state index contributed by atoms with van der Waals surface area (Å²) in [6.45, 7) is 0.879. The second-order valence-electron chi connectivity index (χ2n) is 4.21. The number of halogens is 3. The second kappa shape index (κ2) is 4.88. The number of hydrogen-bond donors (Lipinski definition) is 1. The minimum atomic E-state index is -4.33. The van der Waals surface area contributed by atoms with Crippen LogP contribution in [0.5, 0.6) is 5.75 Å². The summed E-state index contributed by atoms with van der Waals surface area (Å²) in [6.07, 6.45) is -3.93. The number of hydrogen-bond acceptors (Lipinski definition) is 2. The van der Waals surface area contributed by atoms with Gasteiger partial charge in [0.2, 0.25) is 5.91 Å². The van der Waals surface area contributed by atoms with E-state index < -0.39 is 11.7 Å². The standard InChI is InChI=1S/C12H12F3NO2/c13-12(14,15)9-1-3-10(4-2-9)18-7-8-5-11(17)16-6-8/h1-4,8H,5-7H2,(H,16,17). The highest BCUT2D eigenvalue weighted by Crippen LogP contribution is 2.30. The molecule has 18 heavy (non-hydrogen) atoms. The van der Waals surface area contributed by atoms with E-state index in [1.165, 1.54) is 12.1 Å². The maximum absolute atomic E-state index is 12.3. The van der Waals surface area contributed by atoms with E-state index in [1.54, 1.807) is 0 Å². The lowest BCUT2D eigenvalue weighted by Gasteiger charge is -2.11. The van der Waals surface area contributed by atoms with Gasteiger partial charge in [-0.25, -0.2) is 0 Å². The molecule has 3 nitrogen and oxygen atoms in total. The van der Waals surface area contributed by atoms with Gasteiger partial charge in [-0.1, -0.05) is 0 Å². The van der Waals surface area contributed by atoms with Crippen molar-refractivity contribution in [3.05, 3.63) is 29.8 Å². The molecule has 1 N–H and O–H groups in total. The topological polar surface area (TPSA) is 38.3 Å². The number of benzene rings is 1. The normalized spacial score (nSPS) is 19.7. The fourth-order valence-corrected chi connectivity index (χ4v) is 1.74. The van der Waals surface area contributed by atoms with Crippen LogP contribution >= 0.6 is 0 Å². The highest BCUT2D eigenvalue weighted by Gasteiger charge is 2.30. The van der Waals surface area contributed by atoms with Gasteiger partial charge >= 0.3 is 6.18 Å². The zero-order valence-corrected chi connectivity index (χ0v) is 9.46. The van der Waals surface area contributed by atoms with E-state index in [1.807, 2.05) is 0 Å². The SMILES string of the molecule is O=C1CC(COc2ccc(C(F)(F)F)cc2)CN1. The lowest BCUT2D eigenvalue weighted by atomic mass is 10.1. The summed E-state index contributed by atoms with van der Waals surface area (Å²) in [5, 5.41) is 2.67. The first-order chi connectivity index (χ1) is 8.45. The Balaban J connectivity index is 1.89. The van der Waals surface area contributed by atoms with Crippen LogP contribution in [0.25, 0.3) is 0 Å². The van der Waals surface area contributed by atoms with Crippen molar-refractivity contribution >= 4 is 5.91 Å². The Labute approximate surface area is 102 Å². The Kier molecular flexibility index (Phi) is 3.45. The number of rotatable bonds is 3. The quantitative estimate of drug-likeness (QED) is 0.903. The second-order valence-corrected chi connectivity index (χ2v) is 4.21. The molecule has 0 radical (unpaired) electrons. The van der Waals surface area contributed by atoms with Crippen LogP contribution < -0.4 is 10.1 Å². The third-order valence-electron chi connectivity index (χ3n) is 2.73. The van der Waals surface area contributed by atoms with Crippen LogP contribution in [0.15, 0.2) is 24.3 Å². The molecule has 6 heteroatoms. The first-order valence-corrected chi connectivity index (χ1v) is 5.52. The van der Waals surface area contributed by atoms with E-state index in [0.29, 0.717) is 25.3 Å². The molecule has 2 rings (SSSR count). The van der Waals surface area contributed by atoms with Gasteiger partial charge < -0.3 is 10.1 Å². The summed E-state index contributed by atoms with van der Waals surface area (Å²) in [5.41, 5.74) is -0.701. The molecule has 0 aliphatic carbocycles. The van der Waals surface area contributed by atoms with Gasteiger partial charge in [0, 0.05) is 18.9 Å². The summed E-state index contributed by atoms with van der Waals surface area (Å²) in [4.78, 5) is 10.9. The van der Waals surface area contributed by atoms with Gasteiger partial charge in [0.1, 0.15) is 5.75 Å². The van der Waals surface area contributed by atoms with Crippen LogP contribution in [-0.2, 0) is 11.0 Å². The number of ether oxygens (including phenoxy) is 1. The van der Waals surface area contributed by atoms with Crippen LogP contribution in [0, 0.1) is 5.92 Å². The Morgan fingerprint density at radius 1 is 1.28 bits per heavy atom. The summed E-state index contributed by atoms with van der Waals surface area (Å²) in [7, 11) is 0. The van der Waals surface area contributed by atoms with Gasteiger partial charge in [-0.2, -0.15) is 13.2 Å². The molecule has 0 spiro atoms.